The molecule has 0 bridgehead atoms. The largest absolute Gasteiger partial charge is 0.399 e. The van der Waals surface area contributed by atoms with Crippen molar-refractivity contribution in [3.05, 3.63) is 23.8 Å². The van der Waals surface area contributed by atoms with Gasteiger partial charge < -0.3 is 15.6 Å². The molecule has 1 atom stereocenters. The Morgan fingerprint density at radius 2 is 2.14 bits per heavy atom. The molecule has 0 amide bonds. The van der Waals surface area contributed by atoms with Gasteiger partial charge in [0.2, 0.25) is 10.0 Å². The van der Waals surface area contributed by atoms with Crippen LogP contribution in [0.3, 0.4) is 0 Å². The van der Waals surface area contributed by atoms with Crippen LogP contribution in [0.5, 0.6) is 0 Å². The first-order valence-corrected chi connectivity index (χ1v) is 8.25. The van der Waals surface area contributed by atoms with Gasteiger partial charge in [0.25, 0.3) is 0 Å². The van der Waals surface area contributed by atoms with Crippen molar-refractivity contribution >= 4 is 15.7 Å². The summed E-state index contributed by atoms with van der Waals surface area (Å²) in [7, 11) is -3.64. The highest BCUT2D eigenvalue weighted by atomic mass is 32.2. The molecular formula is C14H22N2O4S. The van der Waals surface area contributed by atoms with E-state index in [1.165, 1.54) is 10.4 Å². The molecule has 0 aliphatic carbocycles. The first kappa shape index (κ1) is 16.2. The van der Waals surface area contributed by atoms with Gasteiger partial charge in [-0.3, -0.25) is 0 Å². The molecule has 2 rings (SSSR count). The first-order valence-electron chi connectivity index (χ1n) is 6.81. The summed E-state index contributed by atoms with van der Waals surface area (Å²) < 4.78 is 32.7. The molecule has 1 fully saturated rings. The van der Waals surface area contributed by atoms with Gasteiger partial charge in [-0.05, 0) is 44.5 Å². The van der Waals surface area contributed by atoms with Crippen LogP contribution in [0.4, 0.5) is 5.69 Å². The molecule has 1 aromatic carbocycles. The van der Waals surface area contributed by atoms with E-state index in [0.717, 1.165) is 0 Å². The highest BCUT2D eigenvalue weighted by molar-refractivity contribution is 7.89. The highest BCUT2D eigenvalue weighted by Gasteiger charge is 2.39. The smallest absolute Gasteiger partial charge is 0.243 e. The van der Waals surface area contributed by atoms with Gasteiger partial charge in [-0.25, -0.2) is 8.42 Å². The van der Waals surface area contributed by atoms with E-state index < -0.39 is 21.7 Å². The zero-order valence-electron chi connectivity index (χ0n) is 12.5. The number of anilines is 1. The number of nitrogens with zero attached hydrogens (tertiary/aromatic N) is 1. The minimum atomic E-state index is -3.64. The number of hydrogen-bond donors (Lipinski definition) is 2. The fourth-order valence-electron chi connectivity index (χ4n) is 2.62. The van der Waals surface area contributed by atoms with Gasteiger partial charge in [0.15, 0.2) is 0 Å². The Bertz CT molecular complexity index is 628. The maximum Gasteiger partial charge on any atom is 0.243 e. The fraction of sp³-hybridized carbons (Fsp3) is 0.571. The second-order valence-corrected chi connectivity index (χ2v) is 7.91. The van der Waals surface area contributed by atoms with Crippen LogP contribution >= 0.6 is 0 Å². The number of aryl methyl sites for hydroxylation is 1. The third kappa shape index (κ3) is 3.37. The molecule has 1 saturated heterocycles. The van der Waals surface area contributed by atoms with E-state index in [0.29, 0.717) is 11.3 Å². The summed E-state index contributed by atoms with van der Waals surface area (Å²) >= 11 is 0. The van der Waals surface area contributed by atoms with Gasteiger partial charge >= 0.3 is 0 Å². The molecule has 6 nitrogen and oxygen atoms in total. The van der Waals surface area contributed by atoms with E-state index in [1.807, 2.05) is 13.8 Å². The van der Waals surface area contributed by atoms with E-state index in [1.54, 1.807) is 19.1 Å². The summed E-state index contributed by atoms with van der Waals surface area (Å²) in [5, 5.41) is 9.31. The number of nitrogen functional groups attached to an aromatic ring is 1. The number of nitrogens with two attached hydrogens (primary N) is 1. The Balaban J connectivity index is 2.38. The molecule has 0 spiro atoms. The van der Waals surface area contributed by atoms with Crippen molar-refractivity contribution in [1.82, 2.24) is 4.31 Å². The molecule has 1 heterocycles. The number of hydrogen-bond acceptors (Lipinski definition) is 5. The molecule has 0 aromatic heterocycles. The molecule has 3 N–H and O–H groups in total. The number of aliphatic hydroxyl groups excluding tert-OH is 1. The lowest BCUT2D eigenvalue weighted by Crippen LogP contribution is -2.55. The molecule has 118 valence electrons. The number of aliphatic hydroxyl groups is 1. The van der Waals surface area contributed by atoms with Gasteiger partial charge in [0, 0.05) is 18.8 Å². The molecule has 0 saturated carbocycles. The van der Waals surface area contributed by atoms with Gasteiger partial charge in [0.1, 0.15) is 0 Å². The van der Waals surface area contributed by atoms with E-state index in [4.69, 9.17) is 10.5 Å². The van der Waals surface area contributed by atoms with E-state index in [9.17, 15) is 13.5 Å². The van der Waals surface area contributed by atoms with Gasteiger partial charge in [-0.1, -0.05) is 0 Å². The van der Waals surface area contributed by atoms with Crippen molar-refractivity contribution in [1.29, 1.82) is 0 Å². The van der Waals surface area contributed by atoms with Crippen molar-refractivity contribution in [2.75, 3.05) is 25.4 Å². The Labute approximate surface area is 125 Å². The summed E-state index contributed by atoms with van der Waals surface area (Å²) in [5.74, 6) is 0. The van der Waals surface area contributed by atoms with Crippen molar-refractivity contribution in [2.24, 2.45) is 0 Å². The summed E-state index contributed by atoms with van der Waals surface area (Å²) in [6, 6.07) is 4.74. The van der Waals surface area contributed by atoms with Crippen molar-refractivity contribution in [3.8, 4) is 0 Å². The minimum Gasteiger partial charge on any atom is -0.399 e. The minimum absolute atomic E-state index is 0.145. The second kappa shape index (κ2) is 5.57. The number of sulfonamides is 1. The maximum absolute atomic E-state index is 12.8. The van der Waals surface area contributed by atoms with E-state index >= 15 is 0 Å². The topological polar surface area (TPSA) is 92.9 Å². The molecule has 0 radical (unpaired) electrons. The van der Waals surface area contributed by atoms with Crippen LogP contribution in [0, 0.1) is 6.92 Å². The average Bonchev–Trinajstić information content (AvgIpc) is 2.36. The van der Waals surface area contributed by atoms with Crippen molar-refractivity contribution < 1.29 is 18.3 Å². The molecule has 21 heavy (non-hydrogen) atoms. The number of ether oxygens (including phenoxy) is 1. The van der Waals surface area contributed by atoms with Crippen molar-refractivity contribution in [3.63, 3.8) is 0 Å². The lowest BCUT2D eigenvalue weighted by atomic mass is 10.1. The van der Waals surface area contributed by atoms with Crippen LogP contribution in [-0.4, -0.2) is 49.2 Å². The highest BCUT2D eigenvalue weighted by Crippen LogP contribution is 2.28. The monoisotopic (exact) mass is 314 g/mol. The number of rotatable bonds is 3. The Morgan fingerprint density at radius 1 is 1.48 bits per heavy atom. The van der Waals surface area contributed by atoms with E-state index in [2.05, 4.69) is 0 Å². The molecular weight excluding hydrogens is 292 g/mol. The zero-order chi connectivity index (χ0) is 15.8. The molecule has 1 aromatic rings. The lowest BCUT2D eigenvalue weighted by Gasteiger charge is -2.41. The molecule has 1 unspecified atom stereocenters. The lowest BCUT2D eigenvalue weighted by molar-refractivity contribution is -0.131. The molecule has 1 aliphatic heterocycles. The van der Waals surface area contributed by atoms with Crippen LogP contribution in [0.1, 0.15) is 19.4 Å². The van der Waals surface area contributed by atoms with Crippen LogP contribution in [-0.2, 0) is 14.8 Å². The first-order chi connectivity index (χ1) is 9.65. The summed E-state index contributed by atoms with van der Waals surface area (Å²) in [5.41, 5.74) is 6.18. The van der Waals surface area contributed by atoms with Crippen molar-refractivity contribution in [2.45, 2.75) is 37.4 Å². The quantitative estimate of drug-likeness (QED) is 0.803. The van der Waals surface area contributed by atoms with Crippen LogP contribution < -0.4 is 5.73 Å². The summed E-state index contributed by atoms with van der Waals surface area (Å²) in [6.07, 6.45) is -0.516. The maximum atomic E-state index is 12.8. The molecule has 1 aliphatic rings. The van der Waals surface area contributed by atoms with Crippen LogP contribution in [0.2, 0.25) is 0 Å². The second-order valence-electron chi connectivity index (χ2n) is 6.00. The third-order valence-corrected chi connectivity index (χ3v) is 5.44. The number of morpholine rings is 1. The Morgan fingerprint density at radius 3 is 2.71 bits per heavy atom. The SMILES string of the molecule is Cc1cc(N)ccc1S(=O)(=O)N1CC(CO)OC(C)(C)C1. The Hall–Kier alpha value is -1.15. The van der Waals surface area contributed by atoms with Crippen LogP contribution in [0.25, 0.3) is 0 Å². The zero-order valence-corrected chi connectivity index (χ0v) is 13.4. The summed E-state index contributed by atoms with van der Waals surface area (Å²) in [4.78, 5) is 0.242. The van der Waals surface area contributed by atoms with Crippen LogP contribution in [0.15, 0.2) is 23.1 Å². The average molecular weight is 314 g/mol. The standard InChI is InChI=1S/C14H22N2O4S/c1-10-6-11(15)4-5-13(10)21(18,19)16-7-12(8-17)20-14(2,3)9-16/h4-6,12,17H,7-9,15H2,1-3H3. The summed E-state index contributed by atoms with van der Waals surface area (Å²) in [6.45, 7) is 5.52. The Kier molecular flexibility index (Phi) is 4.30. The fourth-order valence-corrected chi connectivity index (χ4v) is 4.45. The predicted molar refractivity (Wildman–Crippen MR) is 80.4 cm³/mol. The predicted octanol–water partition coefficient (Wildman–Crippen LogP) is 0.738. The van der Waals surface area contributed by atoms with Gasteiger partial charge in [-0.2, -0.15) is 4.31 Å². The number of benzene rings is 1. The normalized spacial score (nSPS) is 23.1. The third-order valence-electron chi connectivity index (χ3n) is 3.47. The van der Waals surface area contributed by atoms with E-state index in [-0.39, 0.29) is 24.6 Å². The molecule has 7 heteroatoms. The van der Waals surface area contributed by atoms with Gasteiger partial charge in [0.05, 0.1) is 23.2 Å². The van der Waals surface area contributed by atoms with Gasteiger partial charge in [-0.15, -0.1) is 0 Å².